The minimum atomic E-state index is -1.04. The molecule has 0 aliphatic carbocycles. The maximum absolute atomic E-state index is 10.9. The average Bonchev–Trinajstić information content (AvgIpc) is 2.31. The zero-order valence-electron chi connectivity index (χ0n) is 10.7. The Hall–Kier alpha value is -1.29. The molecule has 4 nitrogen and oxygen atoms in total. The molecule has 18 heavy (non-hydrogen) atoms. The Morgan fingerprint density at radius 1 is 1.56 bits per heavy atom. The number of nitrogens with one attached hydrogen (secondary N) is 1. The second-order valence-corrected chi connectivity index (χ2v) is 4.80. The van der Waals surface area contributed by atoms with E-state index in [1.54, 1.807) is 0 Å². The van der Waals surface area contributed by atoms with Crippen molar-refractivity contribution in [2.75, 3.05) is 5.32 Å². The minimum absolute atomic E-state index is 0.0786. The van der Waals surface area contributed by atoms with Gasteiger partial charge in [0.1, 0.15) is 5.82 Å². The van der Waals surface area contributed by atoms with Crippen LogP contribution in [0.1, 0.15) is 49.9 Å². The highest BCUT2D eigenvalue weighted by atomic mass is 35.5. The average molecular weight is 271 g/mol. The fourth-order valence-corrected chi connectivity index (χ4v) is 1.89. The van der Waals surface area contributed by atoms with Gasteiger partial charge in [0.05, 0.1) is 10.6 Å². The topological polar surface area (TPSA) is 62.2 Å². The van der Waals surface area contributed by atoms with E-state index < -0.39 is 5.97 Å². The van der Waals surface area contributed by atoms with Gasteiger partial charge in [-0.3, -0.25) is 0 Å². The van der Waals surface area contributed by atoms with E-state index in [1.165, 1.54) is 25.1 Å². The third-order valence-electron chi connectivity index (χ3n) is 2.72. The molecule has 0 fully saturated rings. The number of anilines is 1. The van der Waals surface area contributed by atoms with Crippen LogP contribution >= 0.6 is 11.6 Å². The molecule has 0 bridgehead atoms. The monoisotopic (exact) mass is 270 g/mol. The molecule has 1 unspecified atom stereocenters. The second kappa shape index (κ2) is 7.21. The van der Waals surface area contributed by atoms with Gasteiger partial charge in [0.2, 0.25) is 0 Å². The van der Waals surface area contributed by atoms with Crippen LogP contribution in [0.25, 0.3) is 0 Å². The van der Waals surface area contributed by atoms with Crippen LogP contribution in [0, 0.1) is 0 Å². The molecule has 1 heterocycles. The molecule has 0 radical (unpaired) electrons. The van der Waals surface area contributed by atoms with Crippen LogP contribution in [0.2, 0.25) is 5.02 Å². The molecule has 1 aromatic heterocycles. The van der Waals surface area contributed by atoms with Crippen molar-refractivity contribution < 1.29 is 9.90 Å². The molecule has 2 N–H and O–H groups in total. The number of carboxylic acids is 1. The summed E-state index contributed by atoms with van der Waals surface area (Å²) in [5.74, 6) is -0.482. The molecule has 100 valence electrons. The smallest absolute Gasteiger partial charge is 0.337 e. The first-order valence-electron chi connectivity index (χ1n) is 6.20. The lowest BCUT2D eigenvalue weighted by Gasteiger charge is -2.14. The van der Waals surface area contributed by atoms with Gasteiger partial charge in [-0.2, -0.15) is 0 Å². The summed E-state index contributed by atoms with van der Waals surface area (Å²) in [6, 6.07) is 1.74. The summed E-state index contributed by atoms with van der Waals surface area (Å²) in [4.78, 5) is 15.0. The molecule has 0 aliphatic rings. The predicted molar refractivity (Wildman–Crippen MR) is 73.4 cm³/mol. The number of aromatic carboxylic acids is 1. The van der Waals surface area contributed by atoms with Crippen molar-refractivity contribution in [3.63, 3.8) is 0 Å². The number of nitrogens with zero attached hydrogens (tertiary/aromatic N) is 1. The van der Waals surface area contributed by atoms with E-state index in [-0.39, 0.29) is 16.6 Å². The van der Waals surface area contributed by atoms with Crippen molar-refractivity contribution >= 4 is 23.4 Å². The van der Waals surface area contributed by atoms with Crippen molar-refractivity contribution in [3.05, 3.63) is 22.8 Å². The number of aromatic nitrogens is 1. The van der Waals surface area contributed by atoms with Crippen LogP contribution in [0.4, 0.5) is 5.82 Å². The second-order valence-electron chi connectivity index (χ2n) is 4.40. The molecule has 5 heteroatoms. The molecule has 0 aliphatic heterocycles. The van der Waals surface area contributed by atoms with Crippen LogP contribution in [-0.2, 0) is 0 Å². The van der Waals surface area contributed by atoms with Gasteiger partial charge in [-0.25, -0.2) is 9.78 Å². The van der Waals surface area contributed by atoms with Crippen molar-refractivity contribution in [1.82, 2.24) is 4.98 Å². The van der Waals surface area contributed by atoms with E-state index in [0.717, 1.165) is 12.8 Å². The van der Waals surface area contributed by atoms with Gasteiger partial charge in [0, 0.05) is 12.2 Å². The molecule has 0 saturated heterocycles. The molecule has 0 aromatic carbocycles. The standard InChI is InChI=1S/C13H19ClN2O2/c1-3-4-5-6-9(2)16-12-7-10(13(17)18)11(14)8-15-12/h7-9H,3-6H2,1-2H3,(H,15,16)(H,17,18). The Bertz CT molecular complexity index is 410. The summed E-state index contributed by atoms with van der Waals surface area (Å²) in [5.41, 5.74) is 0.0786. The molecule has 0 saturated carbocycles. The van der Waals surface area contributed by atoms with Crippen LogP contribution in [0.5, 0.6) is 0 Å². The van der Waals surface area contributed by atoms with Crippen molar-refractivity contribution in [3.8, 4) is 0 Å². The molecular formula is C13H19ClN2O2. The van der Waals surface area contributed by atoms with Gasteiger partial charge >= 0.3 is 5.97 Å². The van der Waals surface area contributed by atoms with E-state index in [4.69, 9.17) is 16.7 Å². The predicted octanol–water partition coefficient (Wildman–Crippen LogP) is 3.81. The quantitative estimate of drug-likeness (QED) is 0.740. The Labute approximate surface area is 112 Å². The molecule has 1 rings (SSSR count). The van der Waals surface area contributed by atoms with Gasteiger partial charge in [0.25, 0.3) is 0 Å². The normalized spacial score (nSPS) is 12.2. The molecule has 1 atom stereocenters. The number of rotatable bonds is 7. The summed E-state index contributed by atoms with van der Waals surface area (Å²) < 4.78 is 0. The number of pyridine rings is 1. The lowest BCUT2D eigenvalue weighted by atomic mass is 10.1. The lowest BCUT2D eigenvalue weighted by molar-refractivity contribution is 0.0697. The van der Waals surface area contributed by atoms with E-state index >= 15 is 0 Å². The van der Waals surface area contributed by atoms with E-state index in [9.17, 15) is 4.79 Å². The van der Waals surface area contributed by atoms with Crippen molar-refractivity contribution in [1.29, 1.82) is 0 Å². The first kappa shape index (κ1) is 14.8. The lowest BCUT2D eigenvalue weighted by Crippen LogP contribution is -2.16. The largest absolute Gasteiger partial charge is 0.478 e. The maximum atomic E-state index is 10.9. The number of carboxylic acid groups (broad SMARTS) is 1. The number of hydrogen-bond donors (Lipinski definition) is 2. The van der Waals surface area contributed by atoms with Crippen molar-refractivity contribution in [2.24, 2.45) is 0 Å². The number of hydrogen-bond acceptors (Lipinski definition) is 3. The van der Waals surface area contributed by atoms with Crippen molar-refractivity contribution in [2.45, 2.75) is 45.6 Å². The van der Waals surface area contributed by atoms with E-state index in [1.807, 2.05) is 0 Å². The highest BCUT2D eigenvalue weighted by Gasteiger charge is 2.11. The third-order valence-corrected chi connectivity index (χ3v) is 3.02. The molecular weight excluding hydrogens is 252 g/mol. The Morgan fingerprint density at radius 2 is 2.28 bits per heavy atom. The van der Waals surface area contributed by atoms with Gasteiger partial charge in [-0.1, -0.05) is 37.8 Å². The van der Waals surface area contributed by atoms with Crippen LogP contribution in [0.15, 0.2) is 12.3 Å². The fourth-order valence-electron chi connectivity index (χ4n) is 1.71. The molecule has 1 aromatic rings. The first-order valence-corrected chi connectivity index (χ1v) is 6.57. The molecule has 0 spiro atoms. The summed E-state index contributed by atoms with van der Waals surface area (Å²) in [5, 5.41) is 12.3. The van der Waals surface area contributed by atoms with Gasteiger partial charge in [-0.05, 0) is 19.4 Å². The number of carbonyl (C=O) groups is 1. The van der Waals surface area contributed by atoms with Gasteiger partial charge in [-0.15, -0.1) is 0 Å². The summed E-state index contributed by atoms with van der Waals surface area (Å²) in [6.45, 7) is 4.23. The minimum Gasteiger partial charge on any atom is -0.478 e. The Morgan fingerprint density at radius 3 is 2.89 bits per heavy atom. The van der Waals surface area contributed by atoms with Gasteiger partial charge < -0.3 is 10.4 Å². The zero-order valence-corrected chi connectivity index (χ0v) is 11.5. The summed E-state index contributed by atoms with van der Waals surface area (Å²) in [6.07, 6.45) is 5.96. The summed E-state index contributed by atoms with van der Waals surface area (Å²) >= 11 is 5.76. The highest BCUT2D eigenvalue weighted by molar-refractivity contribution is 6.33. The Balaban J connectivity index is 2.62. The van der Waals surface area contributed by atoms with Crippen LogP contribution in [-0.4, -0.2) is 22.1 Å². The SMILES string of the molecule is CCCCCC(C)Nc1cc(C(=O)O)c(Cl)cn1. The van der Waals surface area contributed by atoms with Gasteiger partial charge in [0.15, 0.2) is 0 Å². The number of halogens is 1. The van der Waals surface area contributed by atoms with E-state index in [0.29, 0.717) is 5.82 Å². The Kier molecular flexibility index (Phi) is 5.92. The van der Waals surface area contributed by atoms with E-state index in [2.05, 4.69) is 24.1 Å². The van der Waals surface area contributed by atoms with Crippen LogP contribution in [0.3, 0.4) is 0 Å². The number of unbranched alkanes of at least 4 members (excludes halogenated alkanes) is 2. The first-order chi connectivity index (χ1) is 8.54. The fraction of sp³-hybridized carbons (Fsp3) is 0.538. The third kappa shape index (κ3) is 4.53. The highest BCUT2D eigenvalue weighted by Crippen LogP contribution is 2.19. The maximum Gasteiger partial charge on any atom is 0.337 e. The summed E-state index contributed by atoms with van der Waals surface area (Å²) in [7, 11) is 0. The van der Waals surface area contributed by atoms with Crippen LogP contribution < -0.4 is 5.32 Å². The molecule has 0 amide bonds. The zero-order chi connectivity index (χ0) is 13.5.